The lowest BCUT2D eigenvalue weighted by atomic mass is 10.1. The number of aliphatic hydroxyl groups is 1. The Balaban J connectivity index is 2.20. The number of ether oxygens (including phenoxy) is 2. The zero-order valence-electron chi connectivity index (χ0n) is 9.77. The summed E-state index contributed by atoms with van der Waals surface area (Å²) >= 11 is 0. The zero-order valence-corrected chi connectivity index (χ0v) is 9.77. The molecular formula is C13H15NO3. The number of aliphatic hydroxyl groups excluding tert-OH is 1. The summed E-state index contributed by atoms with van der Waals surface area (Å²) < 4.78 is 13.2. The quantitative estimate of drug-likeness (QED) is 0.854. The van der Waals surface area contributed by atoms with Crippen molar-refractivity contribution < 1.29 is 14.6 Å². The predicted octanol–water partition coefficient (Wildman–Crippen LogP) is 1.48. The average molecular weight is 233 g/mol. The van der Waals surface area contributed by atoms with Crippen molar-refractivity contribution in [3.63, 3.8) is 0 Å². The fourth-order valence-electron chi connectivity index (χ4n) is 2.32. The molecule has 1 aromatic carbocycles. The molecule has 1 aliphatic rings. The first-order chi connectivity index (χ1) is 8.29. The molecule has 0 atom stereocenters. The Morgan fingerprint density at radius 1 is 1.24 bits per heavy atom. The van der Waals surface area contributed by atoms with Crippen LogP contribution in [0.2, 0.25) is 0 Å². The van der Waals surface area contributed by atoms with Crippen LogP contribution in [0.25, 0.3) is 10.9 Å². The second-order valence-corrected chi connectivity index (χ2v) is 4.25. The molecule has 0 spiro atoms. The molecule has 90 valence electrons. The number of rotatable bonds is 2. The van der Waals surface area contributed by atoms with Crippen molar-refractivity contribution in [2.75, 3.05) is 19.8 Å². The number of hydrogen-bond donors (Lipinski definition) is 1. The van der Waals surface area contributed by atoms with Gasteiger partial charge in [-0.1, -0.05) is 0 Å². The molecule has 1 aliphatic heterocycles. The zero-order chi connectivity index (χ0) is 11.8. The van der Waals surface area contributed by atoms with Crippen LogP contribution in [-0.2, 0) is 13.5 Å². The monoisotopic (exact) mass is 233 g/mol. The summed E-state index contributed by atoms with van der Waals surface area (Å²) in [7, 11) is 2.00. The van der Waals surface area contributed by atoms with Gasteiger partial charge < -0.3 is 19.1 Å². The van der Waals surface area contributed by atoms with Gasteiger partial charge in [0.15, 0.2) is 11.5 Å². The lowest BCUT2D eigenvalue weighted by Crippen LogP contribution is -2.15. The second-order valence-electron chi connectivity index (χ2n) is 4.25. The third-order valence-electron chi connectivity index (χ3n) is 3.12. The fraction of sp³-hybridized carbons (Fsp3) is 0.385. The largest absolute Gasteiger partial charge is 0.486 e. The molecule has 2 aromatic rings. The van der Waals surface area contributed by atoms with Crippen LogP contribution in [0, 0.1) is 0 Å². The van der Waals surface area contributed by atoms with Crippen molar-refractivity contribution >= 4 is 10.9 Å². The maximum atomic E-state index is 9.06. The van der Waals surface area contributed by atoms with Crippen LogP contribution in [0.15, 0.2) is 18.3 Å². The van der Waals surface area contributed by atoms with Gasteiger partial charge in [-0.15, -0.1) is 0 Å². The van der Waals surface area contributed by atoms with Crippen molar-refractivity contribution in [1.82, 2.24) is 4.57 Å². The summed E-state index contributed by atoms with van der Waals surface area (Å²) in [6, 6.07) is 4.01. The minimum Gasteiger partial charge on any atom is -0.486 e. The Morgan fingerprint density at radius 2 is 1.94 bits per heavy atom. The number of aromatic nitrogens is 1. The molecule has 0 unspecified atom stereocenters. The number of benzene rings is 1. The highest BCUT2D eigenvalue weighted by molar-refractivity contribution is 5.87. The minimum absolute atomic E-state index is 0.160. The normalized spacial score (nSPS) is 14.2. The Bertz CT molecular complexity index is 559. The molecule has 0 aliphatic carbocycles. The third kappa shape index (κ3) is 1.65. The average Bonchev–Trinajstić information content (AvgIpc) is 2.64. The molecule has 1 N–H and O–H groups in total. The number of aryl methyl sites for hydroxylation is 1. The van der Waals surface area contributed by atoms with E-state index in [-0.39, 0.29) is 6.61 Å². The SMILES string of the molecule is Cn1cc(CCO)c2cc3c(cc21)OCCO3. The van der Waals surface area contributed by atoms with Gasteiger partial charge in [-0.25, -0.2) is 0 Å². The summed E-state index contributed by atoms with van der Waals surface area (Å²) in [5.74, 6) is 1.61. The van der Waals surface area contributed by atoms with Crippen LogP contribution in [0.5, 0.6) is 11.5 Å². The van der Waals surface area contributed by atoms with Gasteiger partial charge in [0.05, 0.1) is 5.52 Å². The van der Waals surface area contributed by atoms with E-state index in [1.54, 1.807) is 0 Å². The topological polar surface area (TPSA) is 43.6 Å². The van der Waals surface area contributed by atoms with Crippen molar-refractivity contribution in [3.05, 3.63) is 23.9 Å². The van der Waals surface area contributed by atoms with E-state index in [1.807, 2.05) is 25.4 Å². The molecule has 0 amide bonds. The molecule has 4 nitrogen and oxygen atoms in total. The first-order valence-corrected chi connectivity index (χ1v) is 5.78. The van der Waals surface area contributed by atoms with E-state index in [2.05, 4.69) is 4.57 Å². The van der Waals surface area contributed by atoms with Crippen LogP contribution < -0.4 is 9.47 Å². The molecule has 0 bridgehead atoms. The summed E-state index contributed by atoms with van der Waals surface area (Å²) in [6.07, 6.45) is 2.71. The van der Waals surface area contributed by atoms with E-state index >= 15 is 0 Å². The van der Waals surface area contributed by atoms with E-state index in [9.17, 15) is 0 Å². The Labute approximate surface area is 99.4 Å². The summed E-state index contributed by atoms with van der Waals surface area (Å²) in [5, 5.41) is 10.2. The van der Waals surface area contributed by atoms with Crippen LogP contribution in [0.1, 0.15) is 5.56 Å². The van der Waals surface area contributed by atoms with Gasteiger partial charge in [-0.05, 0) is 18.1 Å². The standard InChI is InChI=1S/C13H15NO3/c1-14-8-9(2-3-15)10-6-12-13(7-11(10)14)17-5-4-16-12/h6-8,15H,2-5H2,1H3. The Morgan fingerprint density at radius 3 is 2.65 bits per heavy atom. The molecule has 1 aromatic heterocycles. The van der Waals surface area contributed by atoms with E-state index < -0.39 is 0 Å². The smallest absolute Gasteiger partial charge is 0.163 e. The molecule has 3 rings (SSSR count). The Hall–Kier alpha value is -1.68. The van der Waals surface area contributed by atoms with Gasteiger partial charge in [0.2, 0.25) is 0 Å². The van der Waals surface area contributed by atoms with Crippen LogP contribution in [0.3, 0.4) is 0 Å². The predicted molar refractivity (Wildman–Crippen MR) is 64.7 cm³/mol. The van der Waals surface area contributed by atoms with E-state index in [1.165, 1.54) is 0 Å². The van der Waals surface area contributed by atoms with Gasteiger partial charge in [-0.2, -0.15) is 0 Å². The fourth-order valence-corrected chi connectivity index (χ4v) is 2.32. The van der Waals surface area contributed by atoms with Gasteiger partial charge in [0.1, 0.15) is 13.2 Å². The molecule has 17 heavy (non-hydrogen) atoms. The third-order valence-corrected chi connectivity index (χ3v) is 3.12. The Kier molecular flexibility index (Phi) is 2.44. The van der Waals surface area contributed by atoms with Gasteiger partial charge >= 0.3 is 0 Å². The van der Waals surface area contributed by atoms with Gasteiger partial charge in [0, 0.05) is 31.3 Å². The van der Waals surface area contributed by atoms with Gasteiger partial charge in [0.25, 0.3) is 0 Å². The maximum absolute atomic E-state index is 9.06. The lowest BCUT2D eigenvalue weighted by molar-refractivity contribution is 0.172. The number of hydrogen-bond acceptors (Lipinski definition) is 3. The number of nitrogens with zero attached hydrogens (tertiary/aromatic N) is 1. The summed E-state index contributed by atoms with van der Waals surface area (Å²) in [4.78, 5) is 0. The summed E-state index contributed by atoms with van der Waals surface area (Å²) in [6.45, 7) is 1.36. The summed E-state index contributed by atoms with van der Waals surface area (Å²) in [5.41, 5.74) is 2.25. The van der Waals surface area contributed by atoms with Crippen molar-refractivity contribution in [2.45, 2.75) is 6.42 Å². The first kappa shape index (κ1) is 10.5. The molecule has 0 radical (unpaired) electrons. The highest BCUT2D eigenvalue weighted by atomic mass is 16.6. The highest BCUT2D eigenvalue weighted by Crippen LogP contribution is 2.36. The molecule has 0 saturated heterocycles. The molecule has 0 saturated carbocycles. The highest BCUT2D eigenvalue weighted by Gasteiger charge is 2.16. The lowest BCUT2D eigenvalue weighted by Gasteiger charge is -2.18. The van der Waals surface area contributed by atoms with E-state index in [0.717, 1.165) is 28.0 Å². The minimum atomic E-state index is 0.160. The van der Waals surface area contributed by atoms with Crippen LogP contribution in [-0.4, -0.2) is 29.5 Å². The van der Waals surface area contributed by atoms with Crippen LogP contribution >= 0.6 is 0 Å². The molecule has 0 fully saturated rings. The second kappa shape index (κ2) is 3.96. The van der Waals surface area contributed by atoms with E-state index in [0.29, 0.717) is 19.6 Å². The maximum Gasteiger partial charge on any atom is 0.163 e. The molecule has 4 heteroatoms. The van der Waals surface area contributed by atoms with E-state index in [4.69, 9.17) is 14.6 Å². The van der Waals surface area contributed by atoms with Crippen molar-refractivity contribution in [2.24, 2.45) is 7.05 Å². The van der Waals surface area contributed by atoms with Crippen LogP contribution in [0.4, 0.5) is 0 Å². The molecular weight excluding hydrogens is 218 g/mol. The van der Waals surface area contributed by atoms with Crippen molar-refractivity contribution in [1.29, 1.82) is 0 Å². The first-order valence-electron chi connectivity index (χ1n) is 5.78. The number of fused-ring (bicyclic) bond motifs is 2. The van der Waals surface area contributed by atoms with Crippen molar-refractivity contribution in [3.8, 4) is 11.5 Å². The molecule has 2 heterocycles. The van der Waals surface area contributed by atoms with Gasteiger partial charge in [-0.3, -0.25) is 0 Å².